The molecule has 7 rings (SSSR count). The Kier molecular flexibility index (Phi) is 6.96. The Balaban J connectivity index is 1.11. The highest BCUT2D eigenvalue weighted by Gasteiger charge is 2.31. The number of aromatic nitrogens is 4. The molecule has 6 heterocycles. The molecule has 0 aliphatic carbocycles. The Morgan fingerprint density at radius 2 is 1.30 bits per heavy atom. The van der Waals surface area contributed by atoms with Crippen molar-refractivity contribution < 1.29 is 18.3 Å². The van der Waals surface area contributed by atoms with Crippen LogP contribution in [0.25, 0.3) is 5.69 Å². The fourth-order valence-electron chi connectivity index (χ4n) is 5.67. The van der Waals surface area contributed by atoms with Crippen LogP contribution >= 0.6 is 0 Å². The number of anilines is 4. The molecule has 0 amide bonds. The molecule has 13 heteroatoms. The summed E-state index contributed by atoms with van der Waals surface area (Å²) in [4.78, 5) is 19.0. The van der Waals surface area contributed by atoms with Crippen molar-refractivity contribution in [1.82, 2.24) is 29.5 Å². The zero-order valence-electron chi connectivity index (χ0n) is 22.3. The Morgan fingerprint density at radius 3 is 1.88 bits per heavy atom. The number of benzene rings is 1. The van der Waals surface area contributed by atoms with Gasteiger partial charge in [0, 0.05) is 76.2 Å². The average Bonchev–Trinajstić information content (AvgIpc) is 3.35. The molecule has 4 aliphatic rings. The molecule has 4 saturated heterocycles. The number of hydrogen-bond acceptors (Lipinski definition) is 10. The second-order valence-electron chi connectivity index (χ2n) is 10.8. The number of hydrogen-bond donors (Lipinski definition) is 1. The van der Waals surface area contributed by atoms with Crippen molar-refractivity contribution in [2.24, 2.45) is 0 Å². The number of ether oxygens (including phenoxy) is 2. The van der Waals surface area contributed by atoms with Crippen LogP contribution in [0.3, 0.4) is 0 Å². The van der Waals surface area contributed by atoms with Crippen LogP contribution in [-0.4, -0.2) is 120 Å². The molecule has 0 bridgehead atoms. The van der Waals surface area contributed by atoms with E-state index in [-0.39, 0.29) is 5.69 Å². The fourth-order valence-corrected chi connectivity index (χ4v) is 5.67. The molecule has 11 nitrogen and oxygen atoms in total. The van der Waals surface area contributed by atoms with Gasteiger partial charge in [-0.25, -0.2) is 18.4 Å². The average molecular weight is 554 g/mol. The quantitative estimate of drug-likeness (QED) is 0.467. The van der Waals surface area contributed by atoms with E-state index in [4.69, 9.17) is 14.5 Å². The van der Waals surface area contributed by atoms with Gasteiger partial charge in [-0.15, -0.1) is 5.10 Å². The van der Waals surface area contributed by atoms with Gasteiger partial charge in [-0.05, 0) is 12.1 Å². The summed E-state index contributed by atoms with van der Waals surface area (Å²) in [7, 11) is 0. The number of rotatable bonds is 7. The monoisotopic (exact) mass is 553 g/mol. The van der Waals surface area contributed by atoms with Crippen LogP contribution in [0.4, 0.5) is 32.1 Å². The molecule has 2 aromatic heterocycles. The van der Waals surface area contributed by atoms with Gasteiger partial charge in [-0.2, -0.15) is 4.98 Å². The van der Waals surface area contributed by atoms with E-state index in [1.54, 1.807) is 0 Å². The number of pyridine rings is 1. The first-order valence-corrected chi connectivity index (χ1v) is 13.9. The fraction of sp³-hybridized carbons (Fsp3) is 0.519. The molecule has 3 aromatic rings. The molecule has 1 N–H and O–H groups in total. The first kappa shape index (κ1) is 25.6. The smallest absolute Gasteiger partial charge is 0.248 e. The summed E-state index contributed by atoms with van der Waals surface area (Å²) < 4.78 is 39.6. The highest BCUT2D eigenvalue weighted by molar-refractivity contribution is 5.65. The number of piperazine rings is 2. The van der Waals surface area contributed by atoms with Crippen molar-refractivity contribution in [1.29, 1.82) is 0 Å². The van der Waals surface area contributed by atoms with Crippen LogP contribution in [0.2, 0.25) is 0 Å². The molecule has 1 aromatic carbocycles. The normalized spacial score (nSPS) is 21.4. The van der Waals surface area contributed by atoms with Crippen molar-refractivity contribution in [2.45, 2.75) is 12.1 Å². The predicted octanol–water partition coefficient (Wildman–Crippen LogP) is 1.73. The van der Waals surface area contributed by atoms with Crippen LogP contribution in [0, 0.1) is 11.6 Å². The minimum absolute atomic E-state index is 0.255. The zero-order chi connectivity index (χ0) is 27.1. The van der Waals surface area contributed by atoms with E-state index in [1.165, 1.54) is 23.1 Å². The van der Waals surface area contributed by atoms with Gasteiger partial charge in [-0.1, -0.05) is 0 Å². The summed E-state index contributed by atoms with van der Waals surface area (Å²) in [5.41, 5.74) is 1.35. The molecule has 4 fully saturated rings. The minimum atomic E-state index is -0.672. The van der Waals surface area contributed by atoms with Crippen LogP contribution < -0.4 is 15.1 Å². The number of halogens is 2. The predicted molar refractivity (Wildman–Crippen MR) is 146 cm³/mol. The Morgan fingerprint density at radius 1 is 0.700 bits per heavy atom. The van der Waals surface area contributed by atoms with E-state index in [0.29, 0.717) is 23.8 Å². The van der Waals surface area contributed by atoms with Crippen LogP contribution in [0.5, 0.6) is 0 Å². The van der Waals surface area contributed by atoms with Gasteiger partial charge in [0.25, 0.3) is 0 Å². The highest BCUT2D eigenvalue weighted by Crippen LogP contribution is 2.29. The molecule has 0 spiro atoms. The van der Waals surface area contributed by atoms with Crippen molar-refractivity contribution in [2.75, 3.05) is 93.9 Å². The lowest BCUT2D eigenvalue weighted by Crippen LogP contribution is -2.57. The molecule has 0 radical (unpaired) electrons. The zero-order valence-corrected chi connectivity index (χ0v) is 22.3. The Bertz CT molecular complexity index is 1260. The number of nitrogens with zero attached hydrogens (tertiary/aromatic N) is 8. The van der Waals surface area contributed by atoms with Crippen LogP contribution in [0.1, 0.15) is 0 Å². The van der Waals surface area contributed by atoms with E-state index in [2.05, 4.69) is 41.1 Å². The third-order valence-corrected chi connectivity index (χ3v) is 8.23. The summed E-state index contributed by atoms with van der Waals surface area (Å²) in [5.74, 6) is 0.485. The molecule has 212 valence electrons. The second-order valence-corrected chi connectivity index (χ2v) is 10.8. The largest absolute Gasteiger partial charge is 0.378 e. The molecule has 0 atom stereocenters. The molecule has 0 saturated carbocycles. The van der Waals surface area contributed by atoms with Gasteiger partial charge in [-0.3, -0.25) is 9.80 Å². The SMILES string of the molecule is Fc1cc(F)cc(-n2cnc(Nc3cc(N4CCN(C5COC5)CC4)cc(N4CCN(C5COC5)CC4)n3)n2)c1. The van der Waals surface area contributed by atoms with Gasteiger partial charge < -0.3 is 24.6 Å². The second kappa shape index (κ2) is 10.9. The first-order chi connectivity index (χ1) is 19.6. The lowest BCUT2D eigenvalue weighted by atomic mass is 10.1. The lowest BCUT2D eigenvalue weighted by Gasteiger charge is -2.44. The summed E-state index contributed by atoms with van der Waals surface area (Å²) >= 11 is 0. The van der Waals surface area contributed by atoms with E-state index >= 15 is 0 Å². The van der Waals surface area contributed by atoms with Gasteiger partial charge in [0.05, 0.1) is 44.2 Å². The maximum Gasteiger partial charge on any atom is 0.248 e. The first-order valence-electron chi connectivity index (χ1n) is 13.9. The molecule has 40 heavy (non-hydrogen) atoms. The van der Waals surface area contributed by atoms with Crippen LogP contribution in [-0.2, 0) is 9.47 Å². The summed E-state index contributed by atoms with van der Waals surface area (Å²) in [6.07, 6.45) is 1.42. The van der Waals surface area contributed by atoms with Crippen molar-refractivity contribution in [3.63, 3.8) is 0 Å². The molecule has 4 aliphatic heterocycles. The topological polar surface area (TPSA) is 87.1 Å². The lowest BCUT2D eigenvalue weighted by molar-refractivity contribution is -0.0661. The van der Waals surface area contributed by atoms with Crippen molar-refractivity contribution in [3.8, 4) is 5.69 Å². The standard InChI is InChI=1S/C27H33F2N9O2/c28-19-9-20(29)11-22(10-19)38-18-30-27(33-38)32-25-12-21(34-1-3-35(4-2-34)23-14-39-15-23)13-26(31-25)37-7-5-36(6-8-37)24-16-40-17-24/h9-13,18,23-24H,1-8,14-17H2,(H,31,32,33). The maximum absolute atomic E-state index is 13.7. The van der Waals surface area contributed by atoms with Gasteiger partial charge >= 0.3 is 0 Å². The third kappa shape index (κ3) is 5.33. The minimum Gasteiger partial charge on any atom is -0.378 e. The van der Waals surface area contributed by atoms with Crippen molar-refractivity contribution in [3.05, 3.63) is 48.3 Å². The van der Waals surface area contributed by atoms with E-state index in [0.717, 1.165) is 96.4 Å². The highest BCUT2D eigenvalue weighted by atomic mass is 19.1. The molecular weight excluding hydrogens is 520 g/mol. The summed E-state index contributed by atoms with van der Waals surface area (Å²) in [6, 6.07) is 8.52. The Labute approximate surface area is 231 Å². The third-order valence-electron chi connectivity index (χ3n) is 8.23. The summed E-state index contributed by atoms with van der Waals surface area (Å²) in [6.45, 7) is 10.9. The van der Waals surface area contributed by atoms with E-state index in [9.17, 15) is 8.78 Å². The Hall–Kier alpha value is -3.39. The molecule has 0 unspecified atom stereocenters. The van der Waals surface area contributed by atoms with Crippen LogP contribution in [0.15, 0.2) is 36.7 Å². The van der Waals surface area contributed by atoms with Crippen molar-refractivity contribution >= 4 is 23.3 Å². The van der Waals surface area contributed by atoms with E-state index in [1.807, 2.05) is 6.07 Å². The molecular formula is C27H33F2N9O2. The number of nitrogens with one attached hydrogen (secondary N) is 1. The van der Waals surface area contributed by atoms with Gasteiger partial charge in [0.2, 0.25) is 5.95 Å². The summed E-state index contributed by atoms with van der Waals surface area (Å²) in [5, 5.41) is 7.61. The van der Waals surface area contributed by atoms with Gasteiger partial charge in [0.15, 0.2) is 0 Å². The van der Waals surface area contributed by atoms with E-state index < -0.39 is 11.6 Å². The van der Waals surface area contributed by atoms with Gasteiger partial charge in [0.1, 0.15) is 29.6 Å². The maximum atomic E-state index is 13.7.